The number of rotatable bonds is 2. The summed E-state index contributed by atoms with van der Waals surface area (Å²) in [7, 11) is 3.23. The second kappa shape index (κ2) is 4.66. The van der Waals surface area contributed by atoms with Crippen molar-refractivity contribution in [3.8, 4) is 11.5 Å². The first-order chi connectivity index (χ1) is 6.11. The zero-order chi connectivity index (χ0) is 10.0. The quantitative estimate of drug-likeness (QED) is 0.729. The predicted molar refractivity (Wildman–Crippen MR) is 62.6 cm³/mol. The van der Waals surface area contributed by atoms with Crippen molar-refractivity contribution in [1.82, 2.24) is 0 Å². The molecular weight excluding hydrogens is 368 g/mol. The van der Waals surface area contributed by atoms with Crippen LogP contribution >= 0.6 is 47.8 Å². The highest BCUT2D eigenvalue weighted by Gasteiger charge is 2.14. The van der Waals surface area contributed by atoms with Crippen LogP contribution in [0.25, 0.3) is 0 Å². The second-order valence-electron chi connectivity index (χ2n) is 2.22. The summed E-state index contributed by atoms with van der Waals surface area (Å²) in [5, 5.41) is 0. The van der Waals surface area contributed by atoms with E-state index in [1.165, 1.54) is 0 Å². The van der Waals surface area contributed by atoms with Gasteiger partial charge in [-0.1, -0.05) is 0 Å². The molecule has 1 aromatic carbocycles. The van der Waals surface area contributed by atoms with Crippen molar-refractivity contribution in [2.75, 3.05) is 14.2 Å². The van der Waals surface area contributed by atoms with E-state index >= 15 is 0 Å². The molecule has 0 aliphatic heterocycles. The molecule has 1 aromatic rings. The van der Waals surface area contributed by atoms with Gasteiger partial charge in [-0.2, -0.15) is 0 Å². The Balaban J connectivity index is 3.37. The Hall–Kier alpha value is 0.260. The van der Waals surface area contributed by atoms with Gasteiger partial charge < -0.3 is 9.47 Å². The fourth-order valence-electron chi connectivity index (χ4n) is 0.892. The molecule has 72 valence electrons. The summed E-state index contributed by atoms with van der Waals surface area (Å²) in [6.45, 7) is 0. The van der Waals surface area contributed by atoms with Crippen LogP contribution in [0, 0.1) is 0 Å². The van der Waals surface area contributed by atoms with E-state index in [9.17, 15) is 0 Å². The van der Waals surface area contributed by atoms with Gasteiger partial charge in [-0.15, -0.1) is 0 Å². The number of methoxy groups -OCH3 is 2. The molecular formula is C8H7Br3O2. The third-order valence-electron chi connectivity index (χ3n) is 1.51. The Bertz CT molecular complexity index is 326. The van der Waals surface area contributed by atoms with Crippen LogP contribution in [0.1, 0.15) is 0 Å². The largest absolute Gasteiger partial charge is 0.495 e. The summed E-state index contributed by atoms with van der Waals surface area (Å²) in [5.41, 5.74) is 0. The van der Waals surface area contributed by atoms with Gasteiger partial charge in [0.25, 0.3) is 0 Å². The van der Waals surface area contributed by atoms with Gasteiger partial charge in [0, 0.05) is 0 Å². The molecule has 1 rings (SSSR count). The molecule has 0 radical (unpaired) electrons. The van der Waals surface area contributed by atoms with Gasteiger partial charge in [-0.3, -0.25) is 0 Å². The lowest BCUT2D eigenvalue weighted by Gasteiger charge is -2.11. The highest BCUT2D eigenvalue weighted by molar-refractivity contribution is 9.13. The molecule has 0 N–H and O–H groups in total. The van der Waals surface area contributed by atoms with Gasteiger partial charge in [0.1, 0.15) is 11.5 Å². The molecule has 0 unspecified atom stereocenters. The van der Waals surface area contributed by atoms with Gasteiger partial charge in [-0.25, -0.2) is 0 Å². The van der Waals surface area contributed by atoms with E-state index in [1.807, 2.05) is 6.07 Å². The van der Waals surface area contributed by atoms with Crippen molar-refractivity contribution in [2.24, 2.45) is 0 Å². The maximum absolute atomic E-state index is 5.18. The Morgan fingerprint density at radius 3 is 2.08 bits per heavy atom. The Kier molecular flexibility index (Phi) is 4.06. The number of hydrogen-bond acceptors (Lipinski definition) is 2. The average molecular weight is 375 g/mol. The smallest absolute Gasteiger partial charge is 0.148 e. The van der Waals surface area contributed by atoms with Crippen molar-refractivity contribution < 1.29 is 9.47 Å². The first-order valence-corrected chi connectivity index (χ1v) is 5.75. The van der Waals surface area contributed by atoms with Crippen LogP contribution in [-0.4, -0.2) is 14.2 Å². The molecule has 0 heterocycles. The molecule has 0 saturated carbocycles. The molecule has 0 fully saturated rings. The van der Waals surface area contributed by atoms with Gasteiger partial charge >= 0.3 is 0 Å². The van der Waals surface area contributed by atoms with Crippen LogP contribution in [0.4, 0.5) is 0 Å². The molecule has 0 spiro atoms. The van der Waals surface area contributed by atoms with E-state index in [-0.39, 0.29) is 0 Å². The van der Waals surface area contributed by atoms with Crippen LogP contribution < -0.4 is 9.47 Å². The minimum Gasteiger partial charge on any atom is -0.495 e. The summed E-state index contributed by atoms with van der Waals surface area (Å²) in [6, 6.07) is 1.84. The average Bonchev–Trinajstić information content (AvgIpc) is 2.12. The fraction of sp³-hybridized carbons (Fsp3) is 0.250. The first kappa shape index (κ1) is 11.3. The lowest BCUT2D eigenvalue weighted by atomic mass is 10.3. The summed E-state index contributed by atoms with van der Waals surface area (Å²) in [6.07, 6.45) is 0. The molecule has 0 aliphatic carbocycles. The maximum atomic E-state index is 5.18. The van der Waals surface area contributed by atoms with E-state index in [4.69, 9.17) is 9.47 Å². The summed E-state index contributed by atoms with van der Waals surface area (Å²) < 4.78 is 12.8. The first-order valence-electron chi connectivity index (χ1n) is 3.37. The second-order valence-corrected chi connectivity index (χ2v) is 4.66. The Morgan fingerprint density at radius 2 is 1.62 bits per heavy atom. The van der Waals surface area contributed by atoms with E-state index in [0.717, 1.165) is 24.9 Å². The Labute approximate surface area is 102 Å². The van der Waals surface area contributed by atoms with Crippen molar-refractivity contribution >= 4 is 47.8 Å². The molecule has 2 nitrogen and oxygen atoms in total. The monoisotopic (exact) mass is 372 g/mol. The molecule has 0 bridgehead atoms. The molecule has 5 heteroatoms. The van der Waals surface area contributed by atoms with Crippen LogP contribution in [0.5, 0.6) is 11.5 Å². The van der Waals surface area contributed by atoms with Crippen LogP contribution in [-0.2, 0) is 0 Å². The maximum Gasteiger partial charge on any atom is 0.148 e. The lowest BCUT2D eigenvalue weighted by Crippen LogP contribution is -1.91. The zero-order valence-corrected chi connectivity index (χ0v) is 11.8. The van der Waals surface area contributed by atoms with Crippen LogP contribution in [0.15, 0.2) is 19.5 Å². The van der Waals surface area contributed by atoms with Gasteiger partial charge in [0.2, 0.25) is 0 Å². The van der Waals surface area contributed by atoms with Crippen molar-refractivity contribution in [1.29, 1.82) is 0 Å². The van der Waals surface area contributed by atoms with Crippen molar-refractivity contribution in [2.45, 2.75) is 0 Å². The third kappa shape index (κ3) is 2.19. The minimum absolute atomic E-state index is 0.743. The standard InChI is InChI=1S/C8H7Br3O2/c1-12-5-3-4(9)8(13-2)7(11)6(5)10/h3H,1-2H3. The van der Waals surface area contributed by atoms with E-state index in [0.29, 0.717) is 0 Å². The predicted octanol–water partition coefficient (Wildman–Crippen LogP) is 3.99. The SMILES string of the molecule is COc1cc(Br)c(OC)c(Br)c1Br. The van der Waals surface area contributed by atoms with E-state index < -0.39 is 0 Å². The summed E-state index contributed by atoms with van der Waals surface area (Å²) in [4.78, 5) is 0. The summed E-state index contributed by atoms with van der Waals surface area (Å²) in [5.74, 6) is 1.49. The molecule has 13 heavy (non-hydrogen) atoms. The molecule has 0 aromatic heterocycles. The van der Waals surface area contributed by atoms with E-state index in [1.54, 1.807) is 14.2 Å². The van der Waals surface area contributed by atoms with Gasteiger partial charge in [-0.05, 0) is 53.9 Å². The Morgan fingerprint density at radius 1 is 1.00 bits per heavy atom. The number of halogens is 3. The topological polar surface area (TPSA) is 18.5 Å². The van der Waals surface area contributed by atoms with Gasteiger partial charge in [0.05, 0.1) is 27.6 Å². The normalized spacial score (nSPS) is 9.92. The fourth-order valence-corrected chi connectivity index (χ4v) is 2.75. The highest BCUT2D eigenvalue weighted by atomic mass is 79.9. The molecule has 0 aliphatic rings. The zero-order valence-electron chi connectivity index (χ0n) is 7.03. The third-order valence-corrected chi connectivity index (χ3v) is 4.17. The lowest BCUT2D eigenvalue weighted by molar-refractivity contribution is 0.396. The summed E-state index contributed by atoms with van der Waals surface area (Å²) >= 11 is 10.2. The molecule has 0 saturated heterocycles. The minimum atomic E-state index is 0.743. The van der Waals surface area contributed by atoms with Crippen LogP contribution in [0.2, 0.25) is 0 Å². The van der Waals surface area contributed by atoms with Crippen molar-refractivity contribution in [3.63, 3.8) is 0 Å². The van der Waals surface area contributed by atoms with Gasteiger partial charge in [0.15, 0.2) is 0 Å². The van der Waals surface area contributed by atoms with Crippen molar-refractivity contribution in [3.05, 3.63) is 19.5 Å². The van der Waals surface area contributed by atoms with E-state index in [2.05, 4.69) is 47.8 Å². The van der Waals surface area contributed by atoms with Crippen LogP contribution in [0.3, 0.4) is 0 Å². The highest BCUT2D eigenvalue weighted by Crippen LogP contribution is 2.44. The molecule has 0 atom stereocenters. The molecule has 0 amide bonds. The number of ether oxygens (including phenoxy) is 2. The number of benzene rings is 1. The number of hydrogen-bond donors (Lipinski definition) is 0.